The van der Waals surface area contributed by atoms with Crippen LogP contribution in [-0.4, -0.2) is 42.6 Å². The van der Waals surface area contributed by atoms with Crippen molar-refractivity contribution in [1.29, 1.82) is 0 Å². The van der Waals surface area contributed by atoms with Gasteiger partial charge >= 0.3 is 0 Å². The van der Waals surface area contributed by atoms with E-state index >= 15 is 0 Å². The monoisotopic (exact) mass is 467 g/mol. The third-order valence-electron chi connectivity index (χ3n) is 7.56. The van der Waals surface area contributed by atoms with E-state index in [-0.39, 0.29) is 0 Å². The van der Waals surface area contributed by atoms with Crippen molar-refractivity contribution < 1.29 is 4.74 Å². The van der Waals surface area contributed by atoms with E-state index in [1.165, 1.54) is 42.4 Å². The number of hydrogen-bond donors (Lipinski definition) is 1. The first-order valence-electron chi connectivity index (χ1n) is 12.9. The first-order valence-corrected chi connectivity index (χ1v) is 14.1. The summed E-state index contributed by atoms with van der Waals surface area (Å²) < 4.78 is 10.2. The van der Waals surface area contributed by atoms with Gasteiger partial charge in [-0.1, -0.05) is 55.6 Å². The number of nitrogens with one attached hydrogen (secondary N) is 1. The molecule has 0 spiro atoms. The second kappa shape index (κ2) is 12.2. The van der Waals surface area contributed by atoms with E-state index in [4.69, 9.17) is 9.72 Å². The van der Waals surface area contributed by atoms with Crippen molar-refractivity contribution in [3.8, 4) is 0 Å². The molecule has 1 aliphatic carbocycles. The highest BCUT2D eigenvalue weighted by Crippen LogP contribution is 2.35. The molecule has 1 saturated heterocycles. The van der Waals surface area contributed by atoms with Gasteiger partial charge in [-0.15, -0.1) is 0 Å². The SMILES string of the molecule is CCCCc1cc(N2CCC(NSC)C2COC2CCC(c3ccccc3)CC2)ncc1C. The van der Waals surface area contributed by atoms with Gasteiger partial charge in [-0.05, 0) is 86.8 Å². The maximum atomic E-state index is 6.58. The summed E-state index contributed by atoms with van der Waals surface area (Å²) in [4.78, 5) is 7.35. The van der Waals surface area contributed by atoms with E-state index < -0.39 is 0 Å². The van der Waals surface area contributed by atoms with E-state index in [1.54, 1.807) is 11.9 Å². The molecule has 4 nitrogen and oxygen atoms in total. The fraction of sp³-hybridized carbons (Fsp3) is 0.607. The molecule has 2 atom stereocenters. The minimum Gasteiger partial charge on any atom is -0.376 e. The van der Waals surface area contributed by atoms with Crippen LogP contribution >= 0.6 is 11.9 Å². The Bertz CT molecular complexity index is 853. The minimum atomic E-state index is 0.332. The maximum Gasteiger partial charge on any atom is 0.129 e. The van der Waals surface area contributed by atoms with Crippen molar-refractivity contribution in [2.75, 3.05) is 24.3 Å². The predicted octanol–water partition coefficient (Wildman–Crippen LogP) is 6.29. The van der Waals surface area contributed by atoms with E-state index in [2.05, 4.69) is 72.3 Å². The molecule has 1 N–H and O–H groups in total. The molecule has 0 radical (unpaired) electrons. The molecule has 33 heavy (non-hydrogen) atoms. The lowest BCUT2D eigenvalue weighted by Crippen LogP contribution is -2.45. The van der Waals surface area contributed by atoms with Gasteiger partial charge in [-0.25, -0.2) is 4.98 Å². The Morgan fingerprint density at radius 1 is 1.12 bits per heavy atom. The summed E-state index contributed by atoms with van der Waals surface area (Å²) in [7, 11) is 0. The van der Waals surface area contributed by atoms with Crippen molar-refractivity contribution in [1.82, 2.24) is 9.71 Å². The van der Waals surface area contributed by atoms with Crippen LogP contribution in [0.3, 0.4) is 0 Å². The molecule has 2 fully saturated rings. The van der Waals surface area contributed by atoms with Gasteiger partial charge < -0.3 is 9.64 Å². The van der Waals surface area contributed by atoms with Gasteiger partial charge in [0.25, 0.3) is 0 Å². The molecule has 180 valence electrons. The van der Waals surface area contributed by atoms with Crippen LogP contribution in [0, 0.1) is 6.92 Å². The van der Waals surface area contributed by atoms with Crippen LogP contribution in [0.2, 0.25) is 0 Å². The quantitative estimate of drug-likeness (QED) is 0.416. The van der Waals surface area contributed by atoms with Crippen molar-refractivity contribution in [2.45, 2.75) is 89.3 Å². The molecule has 1 saturated carbocycles. The Morgan fingerprint density at radius 3 is 2.64 bits per heavy atom. The van der Waals surface area contributed by atoms with Crippen LogP contribution in [0.15, 0.2) is 42.6 Å². The van der Waals surface area contributed by atoms with Gasteiger partial charge in [0.2, 0.25) is 0 Å². The predicted molar refractivity (Wildman–Crippen MR) is 141 cm³/mol. The topological polar surface area (TPSA) is 37.4 Å². The summed E-state index contributed by atoms with van der Waals surface area (Å²) in [6, 6.07) is 14.1. The van der Waals surface area contributed by atoms with E-state index in [9.17, 15) is 0 Å². The first-order chi connectivity index (χ1) is 16.2. The highest BCUT2D eigenvalue weighted by Gasteiger charge is 2.36. The molecule has 2 aromatic rings. The zero-order valence-corrected chi connectivity index (χ0v) is 21.4. The minimum absolute atomic E-state index is 0.332. The van der Waals surface area contributed by atoms with Gasteiger partial charge in [0.1, 0.15) is 5.82 Å². The summed E-state index contributed by atoms with van der Waals surface area (Å²) in [6.07, 6.45) is 14.1. The molecule has 4 rings (SSSR count). The molecule has 1 aromatic carbocycles. The molecular weight excluding hydrogens is 426 g/mol. The van der Waals surface area contributed by atoms with E-state index in [0.29, 0.717) is 24.1 Å². The van der Waals surface area contributed by atoms with Crippen LogP contribution in [-0.2, 0) is 11.2 Å². The molecule has 1 aliphatic heterocycles. The van der Waals surface area contributed by atoms with Crippen LogP contribution in [0.25, 0.3) is 0 Å². The molecule has 5 heteroatoms. The lowest BCUT2D eigenvalue weighted by Gasteiger charge is -2.33. The maximum absolute atomic E-state index is 6.58. The van der Waals surface area contributed by atoms with Crippen LogP contribution in [0.5, 0.6) is 0 Å². The summed E-state index contributed by atoms with van der Waals surface area (Å²) in [6.45, 7) is 6.27. The normalized spacial score (nSPS) is 25.5. The highest BCUT2D eigenvalue weighted by atomic mass is 32.2. The Kier molecular flexibility index (Phi) is 9.10. The molecule has 1 aromatic heterocycles. The molecular formula is C28H41N3OS. The number of aryl methyl sites for hydroxylation is 2. The highest BCUT2D eigenvalue weighted by molar-refractivity contribution is 7.96. The number of nitrogens with zero attached hydrogens (tertiary/aromatic N) is 2. The average Bonchev–Trinajstić information content (AvgIpc) is 3.26. The van der Waals surface area contributed by atoms with E-state index in [0.717, 1.165) is 44.7 Å². The van der Waals surface area contributed by atoms with Crippen molar-refractivity contribution in [2.24, 2.45) is 0 Å². The van der Waals surface area contributed by atoms with Crippen LogP contribution in [0.1, 0.15) is 74.5 Å². The summed E-state index contributed by atoms with van der Waals surface area (Å²) in [5, 5.41) is 0. The lowest BCUT2D eigenvalue weighted by molar-refractivity contribution is 0.0157. The Labute approximate surface area is 205 Å². The summed E-state index contributed by atoms with van der Waals surface area (Å²) in [5.74, 6) is 1.82. The summed E-state index contributed by atoms with van der Waals surface area (Å²) in [5.41, 5.74) is 4.25. The third kappa shape index (κ3) is 6.32. The molecule has 0 amide bonds. The second-order valence-corrected chi connectivity index (χ2v) is 10.4. The summed E-state index contributed by atoms with van der Waals surface area (Å²) >= 11 is 1.72. The third-order valence-corrected chi connectivity index (χ3v) is 8.10. The lowest BCUT2D eigenvalue weighted by atomic mass is 9.83. The number of aromatic nitrogens is 1. The molecule has 0 bridgehead atoms. The van der Waals surface area contributed by atoms with Crippen molar-refractivity contribution in [3.63, 3.8) is 0 Å². The number of unbranched alkanes of at least 4 members (excludes halogenated alkanes) is 1. The Hall–Kier alpha value is -1.56. The molecule has 2 heterocycles. The number of anilines is 1. The molecule has 2 aliphatic rings. The molecule has 2 unspecified atom stereocenters. The number of pyridine rings is 1. The fourth-order valence-corrected chi connectivity index (χ4v) is 6.08. The van der Waals surface area contributed by atoms with Gasteiger partial charge in [-0.2, -0.15) is 0 Å². The number of ether oxygens (including phenoxy) is 1. The number of benzene rings is 1. The van der Waals surface area contributed by atoms with Crippen LogP contribution in [0.4, 0.5) is 5.82 Å². The zero-order valence-electron chi connectivity index (χ0n) is 20.6. The van der Waals surface area contributed by atoms with E-state index in [1.807, 2.05) is 0 Å². The van der Waals surface area contributed by atoms with Crippen LogP contribution < -0.4 is 9.62 Å². The zero-order chi connectivity index (χ0) is 23.0. The number of rotatable bonds is 10. The smallest absolute Gasteiger partial charge is 0.129 e. The van der Waals surface area contributed by atoms with Gasteiger partial charge in [0.05, 0.1) is 18.8 Å². The van der Waals surface area contributed by atoms with Crippen molar-refractivity contribution >= 4 is 17.8 Å². The number of hydrogen-bond acceptors (Lipinski definition) is 5. The van der Waals surface area contributed by atoms with Gasteiger partial charge in [0, 0.05) is 18.8 Å². The van der Waals surface area contributed by atoms with Crippen molar-refractivity contribution in [3.05, 3.63) is 59.3 Å². The standard InChI is InChI=1S/C28H41N3OS/c1-4-5-9-24-18-28(29-19-21(24)2)31-17-16-26(30-33-3)27(31)20-32-25-14-12-23(13-15-25)22-10-7-6-8-11-22/h6-8,10-11,18-19,23,25-27,30H,4-5,9,12-17,20H2,1-3H3. The first kappa shape index (κ1) is 24.6. The Balaban J connectivity index is 1.38. The Morgan fingerprint density at radius 2 is 1.91 bits per heavy atom. The van der Waals surface area contributed by atoms with Gasteiger partial charge in [0.15, 0.2) is 0 Å². The second-order valence-electron chi connectivity index (χ2n) is 9.77. The van der Waals surface area contributed by atoms with Gasteiger partial charge in [-0.3, -0.25) is 4.72 Å². The fourth-order valence-electron chi connectivity index (χ4n) is 5.50. The largest absolute Gasteiger partial charge is 0.376 e. The average molecular weight is 468 g/mol.